The van der Waals surface area contributed by atoms with Crippen molar-refractivity contribution in [3.63, 3.8) is 0 Å². The van der Waals surface area contributed by atoms with Crippen molar-refractivity contribution in [1.29, 1.82) is 0 Å². The molecule has 0 atom stereocenters. The van der Waals surface area contributed by atoms with Crippen LogP contribution in [-0.4, -0.2) is 190 Å². The quantitative estimate of drug-likeness (QED) is 0.0419. The van der Waals surface area contributed by atoms with E-state index in [4.69, 9.17) is 50.1 Å². The van der Waals surface area contributed by atoms with Gasteiger partial charge in [0, 0.05) is 173 Å². The van der Waals surface area contributed by atoms with Gasteiger partial charge in [0.1, 0.15) is 11.5 Å². The molecule has 8 aromatic carbocycles. The SMILES string of the molecule is [C-]#[N+]c1ccc2[nH]cc(CCCN3CCN(c4nc(-c5ccccc5)c(C)o4)CC3)c2c1.[C-]#[N+]c1ccc2[nH]cc(CCCN3CCN(c4nc(-c5ccccc5)c(C)s4)CC3)c2c1.[C-]#[N+]c1ccc2[nH]cc(CCCN3CCN(c4nc(C(F)(F)F)c(-c5ccccc5)o4)CC3)c2c1.[C-]#[N+]c1ccc2[nH]cc(CCCN3CCN(c4nc(C)c(-c5ccccc5)s4)CC3)c2c1. The van der Waals surface area contributed by atoms with Gasteiger partial charge in [0.25, 0.3) is 12.0 Å². The number of aromatic amines is 4. The lowest BCUT2D eigenvalue weighted by atomic mass is 10.1. The molecule has 22 nitrogen and oxygen atoms in total. The Morgan fingerprint density at radius 3 is 1.05 bits per heavy atom. The number of oxazole rings is 2. The van der Waals surface area contributed by atoms with Gasteiger partial charge < -0.3 is 48.4 Å². The van der Waals surface area contributed by atoms with Gasteiger partial charge in [0.05, 0.1) is 42.6 Å². The fraction of sp³-hybridized carbons (Fsp3) is 0.308. The van der Waals surface area contributed by atoms with E-state index in [2.05, 4.69) is 184 Å². The van der Waals surface area contributed by atoms with E-state index in [9.17, 15) is 13.2 Å². The molecule has 16 aromatic rings. The van der Waals surface area contributed by atoms with E-state index in [1.54, 1.807) is 35.2 Å². The standard InChI is InChI=1S/C26H24F3N5O.C26H27N5O.2C26H27N5S/c1-30-20-9-10-22-21(16-20)19(17-31-22)8-5-11-33-12-14-34(15-13-33)25-32-24(26(27,28)29)23(35-25)18-6-3-2-4-7-18;2*1-19-25(20-7-4-3-5-8-20)29-26(32-19)31-15-13-30(14-16-31)12-6-9-21-18-28-24-11-10-22(27-2)17-23(21)24;1-19-25(20-7-4-3-5-8-20)32-26(29-19)31-15-13-30(14-16-31)12-6-9-21-18-28-24-11-10-22(27-2)17-23(21)24/h2-4,6-7,9-10,16-17,31H,5,8,11-15H2;3*3-5,7-8,10-11,17-18,28H,6,9,12-16H2,1H3. The molecule has 0 amide bonds. The predicted molar refractivity (Wildman–Crippen MR) is 524 cm³/mol. The summed E-state index contributed by atoms with van der Waals surface area (Å²) >= 11 is 3.62. The molecule has 4 aliphatic heterocycles. The van der Waals surface area contributed by atoms with E-state index in [1.165, 1.54) is 59.3 Å². The Hall–Kier alpha value is -13.6. The molecule has 4 N–H and O–H groups in total. The first kappa shape index (κ1) is 89.4. The Morgan fingerprint density at radius 2 is 0.687 bits per heavy atom. The third-order valence-electron chi connectivity index (χ3n) is 25.2. The van der Waals surface area contributed by atoms with Crippen LogP contribution in [0.15, 0.2) is 228 Å². The zero-order valence-electron chi connectivity index (χ0n) is 74.0. The first-order valence-electron chi connectivity index (χ1n) is 45.1. The Morgan fingerprint density at radius 1 is 0.359 bits per heavy atom. The summed E-state index contributed by atoms with van der Waals surface area (Å²) in [5.41, 5.74) is 18.4. The zero-order valence-corrected chi connectivity index (χ0v) is 75.6. The lowest BCUT2D eigenvalue weighted by Crippen LogP contribution is -2.46. The molecule has 666 valence electrons. The number of H-pyrrole nitrogens is 4. The van der Waals surface area contributed by atoms with Crippen LogP contribution in [0.2, 0.25) is 0 Å². The van der Waals surface area contributed by atoms with Gasteiger partial charge in [-0.25, -0.2) is 29.3 Å². The van der Waals surface area contributed by atoms with Gasteiger partial charge in [-0.2, -0.15) is 23.1 Å². The van der Waals surface area contributed by atoms with Gasteiger partial charge in [0.15, 0.2) is 44.5 Å². The van der Waals surface area contributed by atoms with Crippen molar-refractivity contribution in [1.82, 2.24) is 59.5 Å². The number of benzene rings is 8. The zero-order chi connectivity index (χ0) is 90.2. The number of hydrogen-bond donors (Lipinski definition) is 4. The van der Waals surface area contributed by atoms with E-state index >= 15 is 0 Å². The minimum atomic E-state index is -4.59. The summed E-state index contributed by atoms with van der Waals surface area (Å²) in [5.74, 6) is 0.629. The highest BCUT2D eigenvalue weighted by Crippen LogP contribution is 2.42. The maximum absolute atomic E-state index is 13.6. The smallest absolute Gasteiger partial charge is 0.428 e. The van der Waals surface area contributed by atoms with E-state index in [1.807, 2.05) is 127 Å². The summed E-state index contributed by atoms with van der Waals surface area (Å²) in [5, 5.41) is 6.94. The van der Waals surface area contributed by atoms with Crippen molar-refractivity contribution in [2.75, 3.05) is 150 Å². The molecule has 4 fully saturated rings. The van der Waals surface area contributed by atoms with Crippen molar-refractivity contribution in [3.05, 3.63) is 309 Å². The summed E-state index contributed by atoms with van der Waals surface area (Å²) in [6, 6.07) is 63.6. The lowest BCUT2D eigenvalue weighted by Gasteiger charge is -2.34. The maximum Gasteiger partial charge on any atom is 0.437 e. The summed E-state index contributed by atoms with van der Waals surface area (Å²) in [7, 11) is 0. The van der Waals surface area contributed by atoms with Crippen molar-refractivity contribution in [3.8, 4) is 44.3 Å². The highest BCUT2D eigenvalue weighted by molar-refractivity contribution is 7.19. The number of halogens is 3. The summed E-state index contributed by atoms with van der Waals surface area (Å²) in [6.45, 7) is 54.3. The van der Waals surface area contributed by atoms with Crippen LogP contribution < -0.4 is 19.6 Å². The van der Waals surface area contributed by atoms with Crippen molar-refractivity contribution in [2.24, 2.45) is 0 Å². The molecule has 0 bridgehead atoms. The van der Waals surface area contributed by atoms with Crippen LogP contribution in [0.3, 0.4) is 0 Å². The Kier molecular flexibility index (Phi) is 28.6. The number of piperazine rings is 4. The number of aryl methyl sites for hydroxylation is 7. The lowest BCUT2D eigenvalue weighted by molar-refractivity contribution is -0.140. The van der Waals surface area contributed by atoms with Gasteiger partial charge in [-0.1, -0.05) is 157 Å². The second-order valence-corrected chi connectivity index (χ2v) is 35.9. The number of rotatable bonds is 24. The van der Waals surface area contributed by atoms with Gasteiger partial charge >= 0.3 is 6.18 Å². The van der Waals surface area contributed by atoms with Gasteiger partial charge in [-0.3, -0.25) is 19.6 Å². The van der Waals surface area contributed by atoms with Crippen LogP contribution >= 0.6 is 22.7 Å². The Balaban J connectivity index is 0.000000122. The normalized spacial score (nSPS) is 14.8. The second kappa shape index (κ2) is 41.9. The molecule has 27 heteroatoms. The molecular formula is C104H105F3N20O2S2. The van der Waals surface area contributed by atoms with Gasteiger partial charge in [-0.15, -0.1) is 11.3 Å². The number of nitrogens with one attached hydrogen (secondary N) is 4. The number of aromatic nitrogens is 8. The van der Waals surface area contributed by atoms with E-state index in [0.717, 1.165) is 241 Å². The van der Waals surface area contributed by atoms with Crippen molar-refractivity contribution in [2.45, 2.75) is 78.3 Å². The molecule has 0 radical (unpaired) electrons. The second-order valence-electron chi connectivity index (χ2n) is 33.7. The highest BCUT2D eigenvalue weighted by Gasteiger charge is 2.41. The first-order chi connectivity index (χ1) is 64.0. The van der Waals surface area contributed by atoms with Gasteiger partial charge in [-0.05, 0) is 196 Å². The van der Waals surface area contributed by atoms with Crippen LogP contribution in [0.1, 0.15) is 70.0 Å². The van der Waals surface area contributed by atoms with E-state index in [-0.39, 0.29) is 11.8 Å². The number of fused-ring (bicyclic) bond motifs is 4. The number of thiazole rings is 2. The Labute approximate surface area is 769 Å². The molecule has 0 spiro atoms. The fourth-order valence-corrected chi connectivity index (χ4v) is 20.1. The van der Waals surface area contributed by atoms with Crippen LogP contribution in [-0.2, 0) is 31.9 Å². The monoisotopic (exact) mass is 1790 g/mol. The summed E-state index contributed by atoms with van der Waals surface area (Å²) < 4.78 is 52.5. The minimum absolute atomic E-state index is 0.0187. The highest BCUT2D eigenvalue weighted by atomic mass is 32.1. The fourth-order valence-electron chi connectivity index (χ4n) is 18.0. The average molecular weight is 1790 g/mol. The molecule has 12 heterocycles. The molecule has 20 rings (SSSR count). The molecule has 0 unspecified atom stereocenters. The van der Waals surface area contributed by atoms with E-state index < -0.39 is 11.9 Å². The van der Waals surface area contributed by atoms with Crippen molar-refractivity contribution >= 4 is 111 Å². The third kappa shape index (κ3) is 21.8. The average Bonchev–Trinajstić information content (AvgIpc) is 1.63. The van der Waals surface area contributed by atoms with Crippen LogP contribution in [0.25, 0.3) is 107 Å². The van der Waals surface area contributed by atoms with E-state index in [0.29, 0.717) is 41.4 Å². The molecule has 8 aromatic heterocycles. The molecule has 0 aliphatic carbocycles. The predicted octanol–water partition coefficient (Wildman–Crippen LogP) is 23.4. The Bertz CT molecular complexity index is 6220. The van der Waals surface area contributed by atoms with Crippen molar-refractivity contribution < 1.29 is 22.0 Å². The molecule has 4 aliphatic rings. The molecule has 0 saturated carbocycles. The van der Waals surface area contributed by atoms with Crippen LogP contribution in [0, 0.1) is 47.1 Å². The molecular weight excluding hydrogens is 1680 g/mol. The minimum Gasteiger partial charge on any atom is -0.428 e. The number of alkyl halides is 3. The van der Waals surface area contributed by atoms with Crippen LogP contribution in [0.4, 0.5) is 58.2 Å². The van der Waals surface area contributed by atoms with Crippen LogP contribution in [0.5, 0.6) is 0 Å². The maximum atomic E-state index is 13.6. The number of hydrogen-bond acceptors (Lipinski definition) is 16. The molecule has 4 saturated heterocycles. The third-order valence-corrected chi connectivity index (χ3v) is 27.5. The number of anilines is 4. The topological polar surface area (TPSA) is 184 Å². The summed E-state index contributed by atoms with van der Waals surface area (Å²) in [6.07, 6.45) is 12.0. The largest absolute Gasteiger partial charge is 0.437 e. The number of nitrogens with zero attached hydrogens (tertiary/aromatic N) is 16. The summed E-state index contributed by atoms with van der Waals surface area (Å²) in [4.78, 5) is 67.4. The molecule has 131 heavy (non-hydrogen) atoms. The van der Waals surface area contributed by atoms with Gasteiger partial charge in [0.2, 0.25) is 0 Å². The first-order valence-corrected chi connectivity index (χ1v) is 46.7.